The Balaban J connectivity index is 2.20. The van der Waals surface area contributed by atoms with Gasteiger partial charge in [0.2, 0.25) is 5.91 Å². The fraction of sp³-hybridized carbons (Fsp3) is 0.462. The minimum Gasteiger partial charge on any atom is -0.387 e. The number of rotatable bonds is 3. The summed E-state index contributed by atoms with van der Waals surface area (Å²) in [6, 6.07) is 10.1. The van der Waals surface area contributed by atoms with Crippen molar-refractivity contribution in [1.29, 1.82) is 0 Å². The quantitative estimate of drug-likeness (QED) is 0.580. The predicted molar refractivity (Wildman–Crippen MR) is 78.1 cm³/mol. The lowest BCUT2D eigenvalue weighted by Gasteiger charge is -2.20. The largest absolute Gasteiger partial charge is 0.387 e. The second-order valence-electron chi connectivity index (χ2n) is 4.55. The van der Waals surface area contributed by atoms with E-state index in [-0.39, 0.29) is 22.3 Å². The molecule has 1 aromatic rings. The number of carbonyl (C=O) groups excluding carboxylic acids is 1. The minimum atomic E-state index is -0.433. The molecule has 0 saturated carbocycles. The molecule has 1 aliphatic heterocycles. The molecule has 1 heterocycles. The van der Waals surface area contributed by atoms with E-state index in [0.717, 1.165) is 0 Å². The molecule has 1 amide bonds. The number of hydrogen-bond donors (Lipinski definition) is 3. The van der Waals surface area contributed by atoms with Crippen molar-refractivity contribution >= 4 is 31.2 Å². The number of amides is 1. The maximum atomic E-state index is 11.6. The zero-order valence-corrected chi connectivity index (χ0v) is 11.7. The van der Waals surface area contributed by atoms with Crippen molar-refractivity contribution in [3.8, 4) is 0 Å². The molecule has 5 heteroatoms. The molecular formula is C13H17NO2S2. The smallest absolute Gasteiger partial charge is 0.248 e. The van der Waals surface area contributed by atoms with Gasteiger partial charge in [-0.3, -0.25) is 4.79 Å². The van der Waals surface area contributed by atoms with Crippen LogP contribution in [0.1, 0.15) is 11.5 Å². The van der Waals surface area contributed by atoms with Crippen molar-refractivity contribution in [2.45, 2.75) is 10.5 Å². The van der Waals surface area contributed by atoms with E-state index in [2.05, 4.69) is 37.4 Å². The van der Waals surface area contributed by atoms with Crippen LogP contribution in [0.25, 0.3) is 0 Å². The van der Waals surface area contributed by atoms with Crippen LogP contribution in [0.2, 0.25) is 0 Å². The van der Waals surface area contributed by atoms with Gasteiger partial charge in [-0.2, -0.15) is 25.3 Å². The standard InChI is InChI=1S/C13H17NO2S2/c15-8-12(16)14-6-10(11(7-14)13(17)18)9-4-2-1-3-5-9/h1-5,10-11,13,15,17-18H,6-8H2. The van der Waals surface area contributed by atoms with Gasteiger partial charge in [0.15, 0.2) is 0 Å². The third-order valence-electron chi connectivity index (χ3n) is 3.46. The molecule has 0 aromatic heterocycles. The van der Waals surface area contributed by atoms with E-state index in [1.165, 1.54) is 5.56 Å². The zero-order valence-electron chi connectivity index (χ0n) is 9.94. The summed E-state index contributed by atoms with van der Waals surface area (Å²) in [4.78, 5) is 13.3. The van der Waals surface area contributed by atoms with E-state index in [9.17, 15) is 4.79 Å². The molecule has 2 atom stereocenters. The molecule has 0 radical (unpaired) electrons. The molecule has 98 valence electrons. The Kier molecular flexibility index (Phi) is 4.59. The third kappa shape index (κ3) is 2.84. The second-order valence-corrected chi connectivity index (χ2v) is 6.07. The maximum absolute atomic E-state index is 11.6. The molecule has 2 rings (SSSR count). The number of carbonyl (C=O) groups is 1. The number of nitrogens with zero attached hydrogens (tertiary/aromatic N) is 1. The maximum Gasteiger partial charge on any atom is 0.248 e. The van der Waals surface area contributed by atoms with E-state index < -0.39 is 6.61 Å². The summed E-state index contributed by atoms with van der Waals surface area (Å²) in [5.74, 6) is 0.219. The van der Waals surface area contributed by atoms with Crippen LogP contribution in [0.15, 0.2) is 30.3 Å². The molecule has 18 heavy (non-hydrogen) atoms. The first-order valence-corrected chi connectivity index (χ1v) is 6.96. The third-order valence-corrected chi connectivity index (χ3v) is 4.23. The van der Waals surface area contributed by atoms with Gasteiger partial charge in [-0.25, -0.2) is 0 Å². The molecule has 1 N–H and O–H groups in total. The van der Waals surface area contributed by atoms with E-state index >= 15 is 0 Å². The zero-order chi connectivity index (χ0) is 13.1. The molecule has 1 saturated heterocycles. The average molecular weight is 283 g/mol. The van der Waals surface area contributed by atoms with E-state index in [0.29, 0.717) is 13.1 Å². The summed E-state index contributed by atoms with van der Waals surface area (Å²) in [5.41, 5.74) is 1.20. The molecular weight excluding hydrogens is 266 g/mol. The van der Waals surface area contributed by atoms with Crippen molar-refractivity contribution in [3.63, 3.8) is 0 Å². The molecule has 2 unspecified atom stereocenters. The van der Waals surface area contributed by atoms with Crippen LogP contribution in [0, 0.1) is 5.92 Å². The van der Waals surface area contributed by atoms with Crippen LogP contribution in [0.5, 0.6) is 0 Å². The Morgan fingerprint density at radius 2 is 2.00 bits per heavy atom. The van der Waals surface area contributed by atoms with Gasteiger partial charge in [-0.1, -0.05) is 30.3 Å². The monoisotopic (exact) mass is 283 g/mol. The molecule has 1 aromatic carbocycles. The number of benzene rings is 1. The Morgan fingerprint density at radius 1 is 1.33 bits per heavy atom. The average Bonchev–Trinajstić information content (AvgIpc) is 2.84. The highest BCUT2D eigenvalue weighted by Crippen LogP contribution is 2.37. The minimum absolute atomic E-state index is 0.0771. The Bertz CT molecular complexity index is 411. The van der Waals surface area contributed by atoms with E-state index in [4.69, 9.17) is 5.11 Å². The first-order valence-electron chi connectivity index (χ1n) is 5.93. The van der Waals surface area contributed by atoms with Gasteiger partial charge < -0.3 is 10.0 Å². The summed E-state index contributed by atoms with van der Waals surface area (Å²) in [6.07, 6.45) is 0. The Labute approximate surface area is 118 Å². The van der Waals surface area contributed by atoms with Gasteiger partial charge in [0.05, 0.1) is 0 Å². The van der Waals surface area contributed by atoms with Gasteiger partial charge >= 0.3 is 0 Å². The lowest BCUT2D eigenvalue weighted by molar-refractivity contribution is -0.133. The van der Waals surface area contributed by atoms with Crippen molar-refractivity contribution < 1.29 is 9.90 Å². The predicted octanol–water partition coefficient (Wildman–Crippen LogP) is 1.41. The first kappa shape index (κ1) is 13.8. The van der Waals surface area contributed by atoms with Gasteiger partial charge in [0.1, 0.15) is 6.61 Å². The normalized spacial score (nSPS) is 23.7. The summed E-state index contributed by atoms with van der Waals surface area (Å²) in [7, 11) is 0. The molecule has 3 nitrogen and oxygen atoms in total. The second kappa shape index (κ2) is 5.99. The summed E-state index contributed by atoms with van der Waals surface area (Å²) in [6.45, 7) is 0.806. The van der Waals surface area contributed by atoms with Crippen molar-refractivity contribution in [3.05, 3.63) is 35.9 Å². The lowest BCUT2D eigenvalue weighted by atomic mass is 9.90. The summed E-state index contributed by atoms with van der Waals surface area (Å²) >= 11 is 8.81. The van der Waals surface area contributed by atoms with Crippen molar-refractivity contribution in [1.82, 2.24) is 4.90 Å². The Hall–Kier alpha value is -0.650. The number of hydrogen-bond acceptors (Lipinski definition) is 4. The molecule has 0 aliphatic carbocycles. The van der Waals surface area contributed by atoms with Gasteiger partial charge in [0.25, 0.3) is 0 Å². The van der Waals surface area contributed by atoms with E-state index in [1.54, 1.807) is 4.90 Å². The summed E-state index contributed by atoms with van der Waals surface area (Å²) < 4.78 is -0.0771. The Morgan fingerprint density at radius 3 is 2.56 bits per heavy atom. The lowest BCUT2D eigenvalue weighted by Crippen LogP contribution is -2.31. The van der Waals surface area contributed by atoms with Crippen LogP contribution >= 0.6 is 25.3 Å². The highest BCUT2D eigenvalue weighted by atomic mass is 32.2. The van der Waals surface area contributed by atoms with Crippen molar-refractivity contribution in [2.75, 3.05) is 19.7 Å². The fourth-order valence-corrected chi connectivity index (χ4v) is 3.09. The van der Waals surface area contributed by atoms with Gasteiger partial charge in [-0.05, 0) is 5.56 Å². The molecule has 1 aliphatic rings. The highest BCUT2D eigenvalue weighted by Gasteiger charge is 2.38. The van der Waals surface area contributed by atoms with Gasteiger partial charge in [-0.15, -0.1) is 0 Å². The highest BCUT2D eigenvalue weighted by molar-refractivity contribution is 7.99. The number of aliphatic hydroxyl groups excluding tert-OH is 1. The van der Waals surface area contributed by atoms with Crippen LogP contribution in [0.4, 0.5) is 0 Å². The summed E-state index contributed by atoms with van der Waals surface area (Å²) in [5, 5.41) is 8.95. The van der Waals surface area contributed by atoms with Crippen LogP contribution < -0.4 is 0 Å². The number of thiol groups is 2. The van der Waals surface area contributed by atoms with E-state index in [1.807, 2.05) is 18.2 Å². The topological polar surface area (TPSA) is 40.5 Å². The number of aliphatic hydroxyl groups is 1. The number of likely N-dealkylation sites (tertiary alicyclic amines) is 1. The SMILES string of the molecule is O=C(CO)N1CC(c2ccccc2)C(C(S)S)C1. The first-order chi connectivity index (χ1) is 8.63. The van der Waals surface area contributed by atoms with Gasteiger partial charge in [0, 0.05) is 29.5 Å². The van der Waals surface area contributed by atoms with Crippen LogP contribution in [-0.2, 0) is 4.79 Å². The molecule has 0 spiro atoms. The van der Waals surface area contributed by atoms with Crippen molar-refractivity contribution in [2.24, 2.45) is 5.92 Å². The molecule has 1 fully saturated rings. The fourth-order valence-electron chi connectivity index (χ4n) is 2.49. The molecule has 0 bridgehead atoms. The van der Waals surface area contributed by atoms with Crippen LogP contribution in [-0.4, -0.2) is 40.2 Å². The van der Waals surface area contributed by atoms with Crippen LogP contribution in [0.3, 0.4) is 0 Å².